The van der Waals surface area contributed by atoms with Gasteiger partial charge in [-0.2, -0.15) is 31.3 Å². The monoisotopic (exact) mass is 270 g/mol. The number of aromatic hydroxyl groups is 1. The van der Waals surface area contributed by atoms with E-state index in [1.807, 2.05) is 4.98 Å². The van der Waals surface area contributed by atoms with Crippen molar-refractivity contribution in [2.45, 2.75) is 12.4 Å². The molecule has 9 heteroatoms. The van der Waals surface area contributed by atoms with Crippen LogP contribution in [0.15, 0.2) is 12.1 Å². The topological polar surface area (TPSA) is 48.9 Å². The molecule has 1 aromatic carbocycles. The zero-order chi connectivity index (χ0) is 13.7. The summed E-state index contributed by atoms with van der Waals surface area (Å²) >= 11 is 0. The van der Waals surface area contributed by atoms with Gasteiger partial charge in [0, 0.05) is 0 Å². The van der Waals surface area contributed by atoms with E-state index in [9.17, 15) is 26.3 Å². The number of halogens is 6. The molecule has 98 valence electrons. The molecule has 1 aromatic heterocycles. The molecule has 0 amide bonds. The van der Waals surface area contributed by atoms with Gasteiger partial charge in [-0.15, -0.1) is 0 Å². The summed E-state index contributed by atoms with van der Waals surface area (Å²) in [5, 5.41) is 8.92. The fourth-order valence-corrected chi connectivity index (χ4v) is 1.48. The maximum atomic E-state index is 12.6. The molecule has 0 saturated carbocycles. The minimum atomic E-state index is -5.00. The van der Waals surface area contributed by atoms with Crippen molar-refractivity contribution in [2.75, 3.05) is 0 Å². The van der Waals surface area contributed by atoms with Gasteiger partial charge in [-0.25, -0.2) is 0 Å². The maximum Gasteiger partial charge on any atom is 0.418 e. The number of hydrogen-bond acceptors (Lipinski definition) is 2. The Morgan fingerprint density at radius 1 is 1.00 bits per heavy atom. The zero-order valence-corrected chi connectivity index (χ0v) is 8.32. The Kier molecular flexibility index (Phi) is 2.46. The Balaban J connectivity index is 2.81. The van der Waals surface area contributed by atoms with Gasteiger partial charge >= 0.3 is 12.4 Å². The van der Waals surface area contributed by atoms with Crippen LogP contribution in [0.3, 0.4) is 0 Å². The minimum absolute atomic E-state index is 0.0391. The third-order valence-electron chi connectivity index (χ3n) is 2.21. The van der Waals surface area contributed by atoms with Gasteiger partial charge in [-0.3, -0.25) is 0 Å². The molecule has 2 N–H and O–H groups in total. The van der Waals surface area contributed by atoms with Crippen molar-refractivity contribution in [3.8, 4) is 6.01 Å². The quantitative estimate of drug-likeness (QED) is 0.721. The van der Waals surface area contributed by atoms with Gasteiger partial charge in [0.2, 0.25) is 0 Å². The number of benzene rings is 1. The van der Waals surface area contributed by atoms with Crippen molar-refractivity contribution in [1.82, 2.24) is 9.97 Å². The number of nitrogens with one attached hydrogen (secondary N) is 1. The van der Waals surface area contributed by atoms with Crippen LogP contribution in [0.1, 0.15) is 11.1 Å². The number of imidazole rings is 1. The summed E-state index contributed by atoms with van der Waals surface area (Å²) in [5.41, 5.74) is -4.31. The lowest BCUT2D eigenvalue weighted by molar-refractivity contribution is -0.142. The molecule has 2 aromatic rings. The highest BCUT2D eigenvalue weighted by molar-refractivity contribution is 5.81. The zero-order valence-electron chi connectivity index (χ0n) is 8.32. The van der Waals surface area contributed by atoms with E-state index < -0.39 is 40.5 Å². The molecule has 0 saturated heterocycles. The molecular weight excluding hydrogens is 266 g/mol. The molecule has 1 heterocycles. The lowest BCUT2D eigenvalue weighted by Crippen LogP contribution is -2.11. The average molecular weight is 270 g/mol. The molecule has 0 atom stereocenters. The first-order valence-corrected chi connectivity index (χ1v) is 4.46. The van der Waals surface area contributed by atoms with Crippen molar-refractivity contribution in [3.63, 3.8) is 0 Å². The Hall–Kier alpha value is -1.93. The number of H-pyrrole nitrogens is 1. The summed E-state index contributed by atoms with van der Waals surface area (Å²) in [6.07, 6.45) is -9.92. The molecule has 3 nitrogen and oxygen atoms in total. The molecule has 0 aliphatic rings. The fraction of sp³-hybridized carbons (Fsp3) is 0.222. The van der Waals surface area contributed by atoms with Gasteiger partial charge in [-0.1, -0.05) is 0 Å². The second-order valence-electron chi connectivity index (χ2n) is 3.48. The lowest BCUT2D eigenvalue weighted by Gasteiger charge is -2.11. The summed E-state index contributed by atoms with van der Waals surface area (Å²) < 4.78 is 75.1. The standard InChI is InChI=1S/C9H4F6N2O/c10-8(11,12)3-1-4(9(13,14)15)6-5(2-3)16-7(18)17-6/h1-2H,(H2,16,17,18). The van der Waals surface area contributed by atoms with E-state index in [2.05, 4.69) is 4.98 Å². The smallest absolute Gasteiger partial charge is 0.418 e. The third kappa shape index (κ3) is 2.07. The van der Waals surface area contributed by atoms with Gasteiger partial charge in [0.25, 0.3) is 6.01 Å². The second-order valence-corrected chi connectivity index (χ2v) is 3.48. The summed E-state index contributed by atoms with van der Waals surface area (Å²) in [6.45, 7) is 0. The number of aromatic nitrogens is 2. The molecule has 0 aliphatic heterocycles. The number of alkyl halides is 6. The summed E-state index contributed by atoms with van der Waals surface area (Å²) in [4.78, 5) is 5.04. The van der Waals surface area contributed by atoms with E-state index in [1.54, 1.807) is 0 Å². The molecule has 0 bridgehead atoms. The predicted octanol–water partition coefficient (Wildman–Crippen LogP) is 3.31. The van der Waals surface area contributed by atoms with Crippen LogP contribution in [0, 0.1) is 0 Å². The van der Waals surface area contributed by atoms with Crippen LogP contribution < -0.4 is 0 Å². The summed E-state index contributed by atoms with van der Waals surface area (Å²) in [7, 11) is 0. The van der Waals surface area contributed by atoms with Crippen molar-refractivity contribution in [3.05, 3.63) is 23.3 Å². The first kappa shape index (κ1) is 12.5. The van der Waals surface area contributed by atoms with Gasteiger partial charge in [0.05, 0.1) is 16.6 Å². The van der Waals surface area contributed by atoms with Gasteiger partial charge in [0.15, 0.2) is 0 Å². The largest absolute Gasteiger partial charge is 0.480 e. The highest BCUT2D eigenvalue weighted by Gasteiger charge is 2.39. The molecule has 18 heavy (non-hydrogen) atoms. The van der Waals surface area contributed by atoms with E-state index in [1.165, 1.54) is 0 Å². The lowest BCUT2D eigenvalue weighted by atomic mass is 10.1. The van der Waals surface area contributed by atoms with Crippen LogP contribution in [0.4, 0.5) is 26.3 Å². The summed E-state index contributed by atoms with van der Waals surface area (Å²) in [6, 6.07) is -0.463. The maximum absolute atomic E-state index is 12.6. The number of nitrogens with zero attached hydrogens (tertiary/aromatic N) is 1. The van der Waals surface area contributed by atoms with Crippen LogP contribution in [0.5, 0.6) is 6.01 Å². The first-order chi connectivity index (χ1) is 8.09. The minimum Gasteiger partial charge on any atom is -0.480 e. The normalized spacial score (nSPS) is 13.2. The van der Waals surface area contributed by atoms with Crippen molar-refractivity contribution in [1.29, 1.82) is 0 Å². The molecule has 0 fully saturated rings. The molecule has 2 rings (SSSR count). The molecule has 0 aliphatic carbocycles. The van der Waals surface area contributed by atoms with Crippen LogP contribution in [-0.4, -0.2) is 15.1 Å². The van der Waals surface area contributed by atoms with Gasteiger partial charge in [-0.05, 0) is 12.1 Å². The van der Waals surface area contributed by atoms with Crippen LogP contribution in [-0.2, 0) is 12.4 Å². The number of rotatable bonds is 0. The number of fused-ring (bicyclic) bond motifs is 1. The van der Waals surface area contributed by atoms with Crippen molar-refractivity contribution < 1.29 is 31.4 Å². The molecule has 0 radical (unpaired) electrons. The molecule has 0 unspecified atom stereocenters. The van der Waals surface area contributed by atoms with Crippen LogP contribution in [0.25, 0.3) is 11.0 Å². The number of aromatic amines is 1. The highest BCUT2D eigenvalue weighted by Crippen LogP contribution is 2.39. The van der Waals surface area contributed by atoms with Crippen molar-refractivity contribution in [2.24, 2.45) is 0 Å². The Bertz CT molecular complexity index is 597. The van der Waals surface area contributed by atoms with E-state index in [4.69, 9.17) is 5.11 Å². The first-order valence-electron chi connectivity index (χ1n) is 4.46. The van der Waals surface area contributed by atoms with Crippen LogP contribution >= 0.6 is 0 Å². The molecular formula is C9H4F6N2O. The van der Waals surface area contributed by atoms with E-state index in [0.29, 0.717) is 6.07 Å². The van der Waals surface area contributed by atoms with Crippen molar-refractivity contribution >= 4 is 11.0 Å². The van der Waals surface area contributed by atoms with Crippen LogP contribution in [0.2, 0.25) is 0 Å². The third-order valence-corrected chi connectivity index (χ3v) is 2.21. The van der Waals surface area contributed by atoms with E-state index in [0.717, 1.165) is 0 Å². The van der Waals surface area contributed by atoms with E-state index >= 15 is 0 Å². The predicted molar refractivity (Wildman–Crippen MR) is 47.8 cm³/mol. The van der Waals surface area contributed by atoms with Gasteiger partial charge < -0.3 is 10.1 Å². The highest BCUT2D eigenvalue weighted by atomic mass is 19.4. The SMILES string of the molecule is Oc1nc2c(C(F)(F)F)cc(C(F)(F)F)cc2[nH]1. The summed E-state index contributed by atoms with van der Waals surface area (Å²) in [5.74, 6) is 0. The average Bonchev–Trinajstić information content (AvgIpc) is 2.52. The Labute approximate surface area is 95.1 Å². The van der Waals surface area contributed by atoms with Gasteiger partial charge in [0.1, 0.15) is 5.52 Å². The Morgan fingerprint density at radius 2 is 1.61 bits per heavy atom. The second kappa shape index (κ2) is 3.53. The molecule has 0 spiro atoms. The fourth-order valence-electron chi connectivity index (χ4n) is 1.48. The number of hydrogen-bond donors (Lipinski definition) is 2. The van der Waals surface area contributed by atoms with E-state index in [-0.39, 0.29) is 6.07 Å². The Morgan fingerprint density at radius 3 is 2.11 bits per heavy atom.